The quantitative estimate of drug-likeness (QED) is 0.773. The van der Waals surface area contributed by atoms with E-state index >= 15 is 0 Å². The SMILES string of the molecule is CCCNC(c1ccc(C)s1)c1cccc(Cl)c1Cl. The van der Waals surface area contributed by atoms with Crippen molar-refractivity contribution in [2.75, 3.05) is 6.54 Å². The molecule has 0 bridgehead atoms. The molecular weight excluding hydrogens is 297 g/mol. The molecule has 1 aromatic carbocycles. The molecule has 2 aromatic rings. The average Bonchev–Trinajstić information content (AvgIpc) is 2.81. The summed E-state index contributed by atoms with van der Waals surface area (Å²) in [5.41, 5.74) is 1.05. The molecule has 0 radical (unpaired) electrons. The van der Waals surface area contributed by atoms with Gasteiger partial charge in [0.2, 0.25) is 0 Å². The van der Waals surface area contributed by atoms with Crippen molar-refractivity contribution >= 4 is 34.5 Å². The van der Waals surface area contributed by atoms with Gasteiger partial charge in [0.25, 0.3) is 0 Å². The minimum Gasteiger partial charge on any atom is -0.306 e. The van der Waals surface area contributed by atoms with Gasteiger partial charge >= 0.3 is 0 Å². The van der Waals surface area contributed by atoms with E-state index in [2.05, 4.69) is 31.3 Å². The minimum absolute atomic E-state index is 0.116. The van der Waals surface area contributed by atoms with Crippen molar-refractivity contribution in [1.82, 2.24) is 5.32 Å². The number of rotatable bonds is 5. The highest BCUT2D eigenvalue weighted by molar-refractivity contribution is 7.12. The first-order valence-electron chi connectivity index (χ1n) is 6.37. The second-order valence-electron chi connectivity index (χ2n) is 4.48. The monoisotopic (exact) mass is 313 g/mol. The zero-order valence-corrected chi connectivity index (χ0v) is 13.4. The van der Waals surface area contributed by atoms with E-state index in [1.165, 1.54) is 9.75 Å². The molecule has 1 nitrogen and oxygen atoms in total. The number of hydrogen-bond acceptors (Lipinski definition) is 2. The maximum atomic E-state index is 6.36. The third kappa shape index (κ3) is 3.51. The van der Waals surface area contributed by atoms with Gasteiger partial charge in [0.15, 0.2) is 0 Å². The van der Waals surface area contributed by atoms with Crippen LogP contribution in [0.4, 0.5) is 0 Å². The second kappa shape index (κ2) is 6.76. The number of nitrogens with one attached hydrogen (secondary N) is 1. The van der Waals surface area contributed by atoms with Gasteiger partial charge in [0.1, 0.15) is 0 Å². The summed E-state index contributed by atoms with van der Waals surface area (Å²) in [5.74, 6) is 0. The molecule has 0 aliphatic rings. The summed E-state index contributed by atoms with van der Waals surface area (Å²) in [4.78, 5) is 2.58. The van der Waals surface area contributed by atoms with Crippen LogP contribution in [0.2, 0.25) is 10.0 Å². The Bertz CT molecular complexity index is 551. The molecule has 0 amide bonds. The molecule has 0 spiro atoms. The normalized spacial score (nSPS) is 12.6. The molecule has 0 aliphatic carbocycles. The first-order valence-corrected chi connectivity index (χ1v) is 7.94. The van der Waals surface area contributed by atoms with Crippen LogP contribution >= 0.6 is 34.5 Å². The van der Waals surface area contributed by atoms with E-state index < -0.39 is 0 Å². The Morgan fingerprint density at radius 2 is 2.00 bits per heavy atom. The minimum atomic E-state index is 0.116. The van der Waals surface area contributed by atoms with Gasteiger partial charge in [0.05, 0.1) is 16.1 Å². The van der Waals surface area contributed by atoms with Crippen LogP contribution in [-0.2, 0) is 0 Å². The number of aryl methyl sites for hydroxylation is 1. The van der Waals surface area contributed by atoms with Crippen LogP contribution in [-0.4, -0.2) is 6.54 Å². The van der Waals surface area contributed by atoms with Gasteiger partial charge in [-0.25, -0.2) is 0 Å². The molecule has 19 heavy (non-hydrogen) atoms. The lowest BCUT2D eigenvalue weighted by Gasteiger charge is -2.19. The van der Waals surface area contributed by atoms with Crippen molar-refractivity contribution in [2.24, 2.45) is 0 Å². The van der Waals surface area contributed by atoms with E-state index in [4.69, 9.17) is 23.2 Å². The first kappa shape index (κ1) is 14.9. The number of hydrogen-bond donors (Lipinski definition) is 1. The van der Waals surface area contributed by atoms with Gasteiger partial charge in [-0.1, -0.05) is 42.3 Å². The van der Waals surface area contributed by atoms with Crippen LogP contribution in [0.15, 0.2) is 30.3 Å². The zero-order chi connectivity index (χ0) is 13.8. The standard InChI is InChI=1S/C15H17Cl2NS/c1-3-9-18-15(13-8-7-10(2)19-13)11-5-4-6-12(16)14(11)17/h4-8,15,18H,3,9H2,1-2H3. The van der Waals surface area contributed by atoms with Crippen molar-refractivity contribution < 1.29 is 0 Å². The Kier molecular flexibility index (Phi) is 5.28. The van der Waals surface area contributed by atoms with E-state index in [0.717, 1.165) is 18.5 Å². The number of thiophene rings is 1. The fraction of sp³-hybridized carbons (Fsp3) is 0.333. The van der Waals surface area contributed by atoms with E-state index in [9.17, 15) is 0 Å². The van der Waals surface area contributed by atoms with E-state index in [-0.39, 0.29) is 6.04 Å². The van der Waals surface area contributed by atoms with Gasteiger partial charge < -0.3 is 5.32 Å². The summed E-state index contributed by atoms with van der Waals surface area (Å²) in [7, 11) is 0. The highest BCUT2D eigenvalue weighted by atomic mass is 35.5. The fourth-order valence-corrected chi connectivity index (χ4v) is 3.39. The predicted octanol–water partition coefficient (Wildman–Crippen LogP) is 5.45. The molecule has 1 heterocycles. The van der Waals surface area contributed by atoms with E-state index in [1.807, 2.05) is 18.2 Å². The van der Waals surface area contributed by atoms with Crippen molar-refractivity contribution in [2.45, 2.75) is 26.3 Å². The lowest BCUT2D eigenvalue weighted by atomic mass is 10.1. The molecule has 102 valence electrons. The lowest BCUT2D eigenvalue weighted by Crippen LogP contribution is -2.22. The van der Waals surface area contributed by atoms with Crippen LogP contribution in [0.5, 0.6) is 0 Å². The van der Waals surface area contributed by atoms with Crippen LogP contribution in [0.1, 0.15) is 34.7 Å². The Balaban J connectivity index is 2.39. The van der Waals surface area contributed by atoms with Gasteiger partial charge in [0, 0.05) is 9.75 Å². The highest BCUT2D eigenvalue weighted by Crippen LogP contribution is 2.35. The maximum Gasteiger partial charge on any atom is 0.0686 e. The Morgan fingerprint density at radius 1 is 1.21 bits per heavy atom. The smallest absolute Gasteiger partial charge is 0.0686 e. The fourth-order valence-electron chi connectivity index (χ4n) is 2.00. The topological polar surface area (TPSA) is 12.0 Å². The van der Waals surface area contributed by atoms with Crippen LogP contribution in [0.3, 0.4) is 0 Å². The van der Waals surface area contributed by atoms with Crippen molar-refractivity contribution in [1.29, 1.82) is 0 Å². The van der Waals surface area contributed by atoms with Crippen LogP contribution in [0.25, 0.3) is 0 Å². The van der Waals surface area contributed by atoms with E-state index in [1.54, 1.807) is 11.3 Å². The summed E-state index contributed by atoms with van der Waals surface area (Å²) in [6.45, 7) is 5.22. The molecule has 0 aliphatic heterocycles. The predicted molar refractivity (Wildman–Crippen MR) is 85.7 cm³/mol. The third-order valence-electron chi connectivity index (χ3n) is 2.94. The van der Waals surface area contributed by atoms with Crippen LogP contribution in [0, 0.1) is 6.92 Å². The Hall–Kier alpha value is -0.540. The second-order valence-corrected chi connectivity index (χ2v) is 6.58. The number of halogens is 2. The molecule has 0 saturated heterocycles. The van der Waals surface area contributed by atoms with Crippen LogP contribution < -0.4 is 5.32 Å². The molecule has 0 saturated carbocycles. The molecule has 0 fully saturated rings. The molecule has 1 unspecified atom stereocenters. The Morgan fingerprint density at radius 3 is 2.63 bits per heavy atom. The highest BCUT2D eigenvalue weighted by Gasteiger charge is 2.19. The maximum absolute atomic E-state index is 6.36. The third-order valence-corrected chi connectivity index (χ3v) is 4.84. The molecule has 4 heteroatoms. The summed E-state index contributed by atoms with van der Waals surface area (Å²) in [6, 6.07) is 10.2. The zero-order valence-electron chi connectivity index (χ0n) is 11.0. The molecular formula is C15H17Cl2NS. The molecule has 1 N–H and O–H groups in total. The summed E-state index contributed by atoms with van der Waals surface area (Å²) in [6.07, 6.45) is 1.08. The average molecular weight is 314 g/mol. The van der Waals surface area contributed by atoms with Gasteiger partial charge in [-0.15, -0.1) is 11.3 Å². The summed E-state index contributed by atoms with van der Waals surface area (Å²) < 4.78 is 0. The molecule has 1 aromatic heterocycles. The number of benzene rings is 1. The first-order chi connectivity index (χ1) is 9.13. The summed E-state index contributed by atoms with van der Waals surface area (Å²) >= 11 is 14.3. The van der Waals surface area contributed by atoms with Crippen molar-refractivity contribution in [3.63, 3.8) is 0 Å². The largest absolute Gasteiger partial charge is 0.306 e. The Labute approximate surface area is 128 Å². The van der Waals surface area contributed by atoms with Crippen molar-refractivity contribution in [3.05, 3.63) is 55.7 Å². The van der Waals surface area contributed by atoms with Crippen molar-refractivity contribution in [3.8, 4) is 0 Å². The molecule has 1 atom stereocenters. The molecule has 2 rings (SSSR count). The van der Waals surface area contributed by atoms with Gasteiger partial charge in [-0.05, 0) is 43.7 Å². The van der Waals surface area contributed by atoms with Gasteiger partial charge in [-0.3, -0.25) is 0 Å². The summed E-state index contributed by atoms with van der Waals surface area (Å²) in [5, 5.41) is 4.80. The van der Waals surface area contributed by atoms with Gasteiger partial charge in [-0.2, -0.15) is 0 Å². The van der Waals surface area contributed by atoms with E-state index in [0.29, 0.717) is 10.0 Å². The lowest BCUT2D eigenvalue weighted by molar-refractivity contribution is 0.606.